The summed E-state index contributed by atoms with van der Waals surface area (Å²) in [5, 5.41) is 8.75. The molecule has 0 saturated heterocycles. The fourth-order valence-electron chi connectivity index (χ4n) is 1.58. The summed E-state index contributed by atoms with van der Waals surface area (Å²) in [6, 6.07) is 9.24. The second kappa shape index (κ2) is 5.40. The summed E-state index contributed by atoms with van der Waals surface area (Å²) in [6.45, 7) is 2.30. The van der Waals surface area contributed by atoms with Crippen molar-refractivity contribution >= 4 is 5.97 Å². The quantitative estimate of drug-likeness (QED) is 0.880. The Hall–Kier alpha value is -2.23. The number of furan rings is 1. The molecule has 0 radical (unpaired) electrons. The summed E-state index contributed by atoms with van der Waals surface area (Å²) in [7, 11) is 0. The number of rotatable bonds is 5. The molecule has 0 amide bonds. The predicted molar refractivity (Wildman–Crippen MR) is 65.8 cm³/mol. The summed E-state index contributed by atoms with van der Waals surface area (Å²) in [4.78, 5) is 10.7. The van der Waals surface area contributed by atoms with Crippen LogP contribution >= 0.6 is 0 Å². The Bertz CT molecular complexity index is 542. The Kier molecular flexibility index (Phi) is 3.67. The van der Waals surface area contributed by atoms with E-state index >= 15 is 0 Å². The van der Waals surface area contributed by atoms with Crippen molar-refractivity contribution < 1.29 is 19.1 Å². The van der Waals surface area contributed by atoms with E-state index in [1.165, 1.54) is 17.9 Å². The maximum Gasteiger partial charge on any atom is 0.338 e. The standard InChI is InChI=1S/C14H14O4/c1-2-10-4-3-5-12(6-10)18-9-13-7-11(8-17-13)14(15)16/h3-8H,2,9H2,1H3,(H,15,16). The first-order valence-corrected chi connectivity index (χ1v) is 5.71. The van der Waals surface area contributed by atoms with Crippen molar-refractivity contribution in [2.45, 2.75) is 20.0 Å². The highest BCUT2D eigenvalue weighted by atomic mass is 16.5. The summed E-state index contributed by atoms with van der Waals surface area (Å²) >= 11 is 0. The van der Waals surface area contributed by atoms with Gasteiger partial charge in [0.25, 0.3) is 0 Å². The SMILES string of the molecule is CCc1cccc(OCc2cc(C(=O)O)co2)c1. The van der Waals surface area contributed by atoms with Crippen LogP contribution in [0.5, 0.6) is 5.75 Å². The smallest absolute Gasteiger partial charge is 0.338 e. The molecular weight excluding hydrogens is 232 g/mol. The zero-order valence-corrected chi connectivity index (χ0v) is 10.1. The minimum Gasteiger partial charge on any atom is -0.486 e. The summed E-state index contributed by atoms with van der Waals surface area (Å²) in [5.41, 5.74) is 1.33. The fraction of sp³-hybridized carbons (Fsp3) is 0.214. The topological polar surface area (TPSA) is 59.7 Å². The molecule has 2 rings (SSSR count). The monoisotopic (exact) mass is 246 g/mol. The average Bonchev–Trinajstić information content (AvgIpc) is 2.85. The van der Waals surface area contributed by atoms with Crippen LogP contribution in [0.3, 0.4) is 0 Å². The highest BCUT2D eigenvalue weighted by Gasteiger charge is 2.08. The van der Waals surface area contributed by atoms with E-state index in [1.807, 2.05) is 24.3 Å². The Morgan fingerprint density at radius 1 is 1.39 bits per heavy atom. The Morgan fingerprint density at radius 3 is 2.89 bits per heavy atom. The molecule has 0 spiro atoms. The predicted octanol–water partition coefficient (Wildman–Crippen LogP) is 3.12. The molecule has 0 bridgehead atoms. The molecule has 4 heteroatoms. The second-order valence-corrected chi connectivity index (χ2v) is 3.90. The van der Waals surface area contributed by atoms with E-state index in [-0.39, 0.29) is 12.2 Å². The highest BCUT2D eigenvalue weighted by molar-refractivity contribution is 5.87. The van der Waals surface area contributed by atoms with Gasteiger partial charge in [0.1, 0.15) is 24.4 Å². The Balaban J connectivity index is 1.99. The summed E-state index contributed by atoms with van der Waals surface area (Å²) in [5.74, 6) is 0.245. The van der Waals surface area contributed by atoms with E-state index in [0.717, 1.165) is 12.2 Å². The van der Waals surface area contributed by atoms with E-state index in [1.54, 1.807) is 0 Å². The molecule has 18 heavy (non-hydrogen) atoms. The number of carbonyl (C=O) groups is 1. The largest absolute Gasteiger partial charge is 0.486 e. The van der Waals surface area contributed by atoms with Gasteiger partial charge in [0.2, 0.25) is 0 Å². The van der Waals surface area contributed by atoms with Gasteiger partial charge >= 0.3 is 5.97 Å². The molecular formula is C14H14O4. The molecule has 0 atom stereocenters. The molecule has 4 nitrogen and oxygen atoms in total. The van der Waals surface area contributed by atoms with Gasteiger partial charge in [-0.2, -0.15) is 0 Å². The average molecular weight is 246 g/mol. The normalized spacial score (nSPS) is 10.3. The number of carboxylic acids is 1. The first-order chi connectivity index (χ1) is 8.69. The molecule has 1 heterocycles. The van der Waals surface area contributed by atoms with E-state index in [0.29, 0.717) is 5.76 Å². The number of benzene rings is 1. The van der Waals surface area contributed by atoms with Gasteiger partial charge in [-0.3, -0.25) is 0 Å². The number of hydrogen-bond acceptors (Lipinski definition) is 3. The Labute approximate surface area is 105 Å². The van der Waals surface area contributed by atoms with Crippen LogP contribution in [0.1, 0.15) is 28.6 Å². The lowest BCUT2D eigenvalue weighted by atomic mass is 10.2. The third-order valence-electron chi connectivity index (χ3n) is 2.59. The lowest BCUT2D eigenvalue weighted by molar-refractivity contribution is 0.0696. The van der Waals surface area contributed by atoms with Gasteiger partial charge in [-0.15, -0.1) is 0 Å². The maximum absolute atomic E-state index is 10.7. The number of ether oxygens (including phenoxy) is 1. The number of aromatic carboxylic acids is 1. The molecule has 94 valence electrons. The molecule has 1 N–H and O–H groups in total. The fourth-order valence-corrected chi connectivity index (χ4v) is 1.58. The Morgan fingerprint density at radius 2 is 2.22 bits per heavy atom. The lowest BCUT2D eigenvalue weighted by Gasteiger charge is -2.05. The molecule has 1 aromatic carbocycles. The number of hydrogen-bond donors (Lipinski definition) is 1. The zero-order chi connectivity index (χ0) is 13.0. The van der Waals surface area contributed by atoms with Crippen LogP contribution < -0.4 is 4.74 Å². The van der Waals surface area contributed by atoms with Crippen molar-refractivity contribution in [3.05, 3.63) is 53.5 Å². The minimum absolute atomic E-state index is 0.135. The van der Waals surface area contributed by atoms with Crippen LogP contribution in [0.15, 0.2) is 41.0 Å². The second-order valence-electron chi connectivity index (χ2n) is 3.90. The van der Waals surface area contributed by atoms with Crippen molar-refractivity contribution in [3.8, 4) is 5.75 Å². The molecule has 0 aliphatic carbocycles. The maximum atomic E-state index is 10.7. The van der Waals surface area contributed by atoms with Gasteiger partial charge in [0, 0.05) is 0 Å². The first kappa shape index (κ1) is 12.2. The van der Waals surface area contributed by atoms with Crippen molar-refractivity contribution in [3.63, 3.8) is 0 Å². The van der Waals surface area contributed by atoms with E-state index in [9.17, 15) is 4.79 Å². The van der Waals surface area contributed by atoms with Crippen LogP contribution in [0, 0.1) is 0 Å². The van der Waals surface area contributed by atoms with E-state index in [4.69, 9.17) is 14.3 Å². The number of aryl methyl sites for hydroxylation is 1. The van der Waals surface area contributed by atoms with Gasteiger partial charge in [-0.25, -0.2) is 4.79 Å². The van der Waals surface area contributed by atoms with Crippen molar-refractivity contribution in [1.82, 2.24) is 0 Å². The molecule has 0 aliphatic rings. The number of carboxylic acid groups (broad SMARTS) is 1. The highest BCUT2D eigenvalue weighted by Crippen LogP contribution is 2.16. The summed E-state index contributed by atoms with van der Waals surface area (Å²) < 4.78 is 10.6. The minimum atomic E-state index is -1.00. The van der Waals surface area contributed by atoms with E-state index < -0.39 is 5.97 Å². The molecule has 0 aliphatic heterocycles. The van der Waals surface area contributed by atoms with Crippen LogP contribution in [-0.2, 0) is 13.0 Å². The third kappa shape index (κ3) is 2.91. The van der Waals surface area contributed by atoms with E-state index in [2.05, 4.69) is 6.92 Å². The van der Waals surface area contributed by atoms with Crippen LogP contribution in [0.4, 0.5) is 0 Å². The van der Waals surface area contributed by atoms with Crippen LogP contribution in [-0.4, -0.2) is 11.1 Å². The molecule has 0 fully saturated rings. The van der Waals surface area contributed by atoms with Gasteiger partial charge in [-0.05, 0) is 30.2 Å². The third-order valence-corrected chi connectivity index (χ3v) is 2.59. The van der Waals surface area contributed by atoms with Crippen LogP contribution in [0.25, 0.3) is 0 Å². The van der Waals surface area contributed by atoms with Crippen molar-refractivity contribution in [2.24, 2.45) is 0 Å². The molecule has 2 aromatic rings. The van der Waals surface area contributed by atoms with Gasteiger partial charge < -0.3 is 14.3 Å². The van der Waals surface area contributed by atoms with Gasteiger partial charge in [-0.1, -0.05) is 19.1 Å². The molecule has 0 saturated carbocycles. The zero-order valence-electron chi connectivity index (χ0n) is 10.1. The molecule has 1 aromatic heterocycles. The van der Waals surface area contributed by atoms with Gasteiger partial charge in [0.05, 0.1) is 5.56 Å². The van der Waals surface area contributed by atoms with Crippen LogP contribution in [0.2, 0.25) is 0 Å². The summed E-state index contributed by atoms with van der Waals surface area (Å²) in [6.07, 6.45) is 2.16. The lowest BCUT2D eigenvalue weighted by Crippen LogP contribution is -1.95. The van der Waals surface area contributed by atoms with Crippen molar-refractivity contribution in [1.29, 1.82) is 0 Å². The van der Waals surface area contributed by atoms with Gasteiger partial charge in [0.15, 0.2) is 0 Å². The van der Waals surface area contributed by atoms with Crippen molar-refractivity contribution in [2.75, 3.05) is 0 Å². The first-order valence-electron chi connectivity index (χ1n) is 5.71. The molecule has 0 unspecified atom stereocenters.